The molecule has 2 N–H and O–H groups in total. The Balaban J connectivity index is 2.38. The van der Waals surface area contributed by atoms with E-state index in [-0.39, 0.29) is 0 Å². The van der Waals surface area contributed by atoms with Crippen LogP contribution < -0.4 is 10.5 Å². The highest BCUT2D eigenvalue weighted by molar-refractivity contribution is 5.90. The van der Waals surface area contributed by atoms with Gasteiger partial charge in [-0.3, -0.25) is 4.79 Å². The van der Waals surface area contributed by atoms with Gasteiger partial charge in [0, 0.05) is 11.5 Å². The fourth-order valence-corrected chi connectivity index (χ4v) is 3.46. The Bertz CT molecular complexity index is 1000. The van der Waals surface area contributed by atoms with Gasteiger partial charge in [0.1, 0.15) is 11.2 Å². The molecular weight excluding hydrogens is 324 g/mol. The van der Waals surface area contributed by atoms with E-state index in [1.165, 1.54) is 0 Å². The Morgan fingerprint density at radius 1 is 1.04 bits per heavy atom. The summed E-state index contributed by atoms with van der Waals surface area (Å²) in [5, 5.41) is 11.9. The van der Waals surface area contributed by atoms with Gasteiger partial charge >= 0.3 is 0 Å². The number of hydrogen-bond acceptors (Lipinski definition) is 3. The molecule has 2 unspecified atom stereocenters. The number of carbonyl (C=O) groups is 1. The van der Waals surface area contributed by atoms with Crippen molar-refractivity contribution in [2.75, 3.05) is 7.11 Å². The largest absolute Gasteiger partial charge is 0.496 e. The van der Waals surface area contributed by atoms with Crippen LogP contribution in [0.5, 0.6) is 5.75 Å². The number of nitrogens with zero attached hydrogens (tertiary/aromatic N) is 1. The van der Waals surface area contributed by atoms with E-state index in [9.17, 15) is 10.1 Å². The van der Waals surface area contributed by atoms with Crippen LogP contribution >= 0.6 is 0 Å². The predicted molar refractivity (Wildman–Crippen MR) is 102 cm³/mol. The van der Waals surface area contributed by atoms with Crippen molar-refractivity contribution in [2.24, 2.45) is 11.1 Å². The van der Waals surface area contributed by atoms with E-state index < -0.39 is 17.2 Å². The minimum atomic E-state index is -1.43. The molecule has 0 radical (unpaired) electrons. The molecule has 26 heavy (non-hydrogen) atoms. The van der Waals surface area contributed by atoms with E-state index in [4.69, 9.17) is 10.5 Å². The number of methoxy groups -OCH3 is 1. The maximum absolute atomic E-state index is 12.3. The molecule has 0 saturated carbocycles. The number of nitriles is 1. The summed E-state index contributed by atoms with van der Waals surface area (Å²) < 4.78 is 5.52. The van der Waals surface area contributed by atoms with Crippen LogP contribution in [0.1, 0.15) is 24.0 Å². The third-order valence-electron chi connectivity index (χ3n) is 4.91. The number of hydrogen-bond donors (Lipinski definition) is 1. The molecule has 3 rings (SSSR count). The van der Waals surface area contributed by atoms with Crippen LogP contribution in [0, 0.1) is 16.7 Å². The lowest BCUT2D eigenvalue weighted by Crippen LogP contribution is -2.39. The second-order valence-electron chi connectivity index (χ2n) is 6.42. The summed E-state index contributed by atoms with van der Waals surface area (Å²) in [5.41, 5.74) is 5.89. The highest BCUT2D eigenvalue weighted by Gasteiger charge is 2.44. The zero-order valence-electron chi connectivity index (χ0n) is 14.8. The maximum atomic E-state index is 12.3. The molecule has 130 valence electrons. The van der Waals surface area contributed by atoms with Gasteiger partial charge in [-0.1, -0.05) is 60.7 Å². The Kier molecular flexibility index (Phi) is 4.64. The van der Waals surface area contributed by atoms with E-state index in [0.717, 1.165) is 21.9 Å². The lowest BCUT2D eigenvalue weighted by Gasteiger charge is -2.31. The van der Waals surface area contributed by atoms with Crippen molar-refractivity contribution in [3.8, 4) is 11.8 Å². The average Bonchev–Trinajstić information content (AvgIpc) is 2.68. The lowest BCUT2D eigenvalue weighted by molar-refractivity contribution is -0.124. The minimum absolute atomic E-state index is 0.563. The molecule has 2 atom stereocenters. The Hall–Kier alpha value is -3.32. The molecule has 0 spiro atoms. The van der Waals surface area contributed by atoms with Crippen molar-refractivity contribution in [1.82, 2.24) is 0 Å². The average molecular weight is 344 g/mol. The molecule has 4 heteroatoms. The van der Waals surface area contributed by atoms with Crippen LogP contribution in [0.25, 0.3) is 10.8 Å². The SMILES string of the molecule is COc1ccccc1C(c1cccc2ccccc12)C(C)(C#N)C(N)=O. The maximum Gasteiger partial charge on any atom is 0.238 e. The normalized spacial score (nSPS) is 14.2. The van der Waals surface area contributed by atoms with Gasteiger partial charge in [-0.2, -0.15) is 5.26 Å². The molecule has 0 aliphatic carbocycles. The number of rotatable bonds is 5. The topological polar surface area (TPSA) is 76.1 Å². The van der Waals surface area contributed by atoms with Gasteiger partial charge in [0.2, 0.25) is 5.91 Å². The van der Waals surface area contributed by atoms with Crippen molar-refractivity contribution in [2.45, 2.75) is 12.8 Å². The van der Waals surface area contributed by atoms with Crippen LogP contribution in [0.2, 0.25) is 0 Å². The molecule has 1 amide bonds. The number of benzene rings is 3. The molecule has 0 heterocycles. The Morgan fingerprint density at radius 2 is 1.65 bits per heavy atom. The van der Waals surface area contributed by atoms with Gasteiger partial charge < -0.3 is 10.5 Å². The van der Waals surface area contributed by atoms with E-state index in [1.54, 1.807) is 14.0 Å². The molecule has 0 aromatic heterocycles. The molecule has 3 aromatic carbocycles. The predicted octanol–water partition coefficient (Wildman–Crippen LogP) is 4.00. The summed E-state index contributed by atoms with van der Waals surface area (Å²) in [6.45, 7) is 1.59. The van der Waals surface area contributed by atoms with E-state index in [0.29, 0.717) is 5.75 Å². The van der Waals surface area contributed by atoms with Crippen molar-refractivity contribution >= 4 is 16.7 Å². The van der Waals surface area contributed by atoms with Gasteiger partial charge in [-0.15, -0.1) is 0 Å². The number of carbonyl (C=O) groups excluding carboxylic acids is 1. The van der Waals surface area contributed by atoms with Crippen molar-refractivity contribution < 1.29 is 9.53 Å². The van der Waals surface area contributed by atoms with Gasteiger partial charge in [0.05, 0.1) is 13.2 Å². The van der Waals surface area contributed by atoms with Gasteiger partial charge in [0.25, 0.3) is 0 Å². The van der Waals surface area contributed by atoms with E-state index >= 15 is 0 Å². The molecular formula is C22H20N2O2. The number of ether oxygens (including phenoxy) is 1. The summed E-state index contributed by atoms with van der Waals surface area (Å²) in [6.07, 6.45) is 0. The first-order chi connectivity index (χ1) is 12.5. The number of fused-ring (bicyclic) bond motifs is 1. The second-order valence-corrected chi connectivity index (χ2v) is 6.42. The zero-order chi connectivity index (χ0) is 18.7. The molecule has 0 fully saturated rings. The summed E-state index contributed by atoms with van der Waals surface area (Å²) >= 11 is 0. The highest BCUT2D eigenvalue weighted by atomic mass is 16.5. The smallest absolute Gasteiger partial charge is 0.238 e. The number of nitrogens with two attached hydrogens (primary N) is 1. The lowest BCUT2D eigenvalue weighted by atomic mass is 9.69. The Labute approximate surface area is 152 Å². The molecule has 3 aromatic rings. The highest BCUT2D eigenvalue weighted by Crippen LogP contribution is 2.46. The van der Waals surface area contributed by atoms with Crippen LogP contribution in [-0.4, -0.2) is 13.0 Å². The quantitative estimate of drug-likeness (QED) is 0.760. The molecule has 4 nitrogen and oxygen atoms in total. The first-order valence-corrected chi connectivity index (χ1v) is 8.34. The molecule has 0 saturated heterocycles. The van der Waals surface area contributed by atoms with Gasteiger partial charge in [-0.05, 0) is 29.3 Å². The standard InChI is InChI=1S/C22H20N2O2/c1-22(14-23,21(24)25)20(18-11-5-6-13-19(18)26-2)17-12-7-9-15-8-3-4-10-16(15)17/h3-13,20H,1-2H3,(H2,24,25). The fourth-order valence-electron chi connectivity index (χ4n) is 3.46. The zero-order valence-corrected chi connectivity index (χ0v) is 14.8. The second kappa shape index (κ2) is 6.89. The molecule has 0 bridgehead atoms. The summed E-state index contributed by atoms with van der Waals surface area (Å²) in [5.74, 6) is -0.607. The van der Waals surface area contributed by atoms with Crippen molar-refractivity contribution in [1.29, 1.82) is 5.26 Å². The van der Waals surface area contributed by atoms with Crippen molar-refractivity contribution in [3.05, 3.63) is 77.9 Å². The summed E-state index contributed by atoms with van der Waals surface area (Å²) in [4.78, 5) is 12.3. The van der Waals surface area contributed by atoms with E-state index in [1.807, 2.05) is 66.7 Å². The van der Waals surface area contributed by atoms with Gasteiger partial charge in [0.15, 0.2) is 0 Å². The molecule has 0 aliphatic heterocycles. The fraction of sp³-hybridized carbons (Fsp3) is 0.182. The van der Waals surface area contributed by atoms with E-state index in [2.05, 4.69) is 6.07 Å². The number of primary amides is 1. The summed E-state index contributed by atoms with van der Waals surface area (Å²) in [7, 11) is 1.58. The first kappa shape index (κ1) is 17.5. The van der Waals surface area contributed by atoms with Crippen LogP contribution in [0.3, 0.4) is 0 Å². The Morgan fingerprint density at radius 3 is 2.35 bits per heavy atom. The number of para-hydroxylation sites is 1. The third kappa shape index (κ3) is 2.78. The number of amides is 1. The summed E-state index contributed by atoms with van der Waals surface area (Å²) in [6, 6.07) is 23.4. The monoisotopic (exact) mass is 344 g/mol. The molecule has 0 aliphatic rings. The first-order valence-electron chi connectivity index (χ1n) is 8.34. The van der Waals surface area contributed by atoms with Crippen LogP contribution in [0.4, 0.5) is 0 Å². The van der Waals surface area contributed by atoms with Crippen molar-refractivity contribution in [3.63, 3.8) is 0 Å². The van der Waals surface area contributed by atoms with Crippen LogP contribution in [0.15, 0.2) is 66.7 Å². The minimum Gasteiger partial charge on any atom is -0.496 e. The van der Waals surface area contributed by atoms with Crippen LogP contribution in [-0.2, 0) is 4.79 Å². The van der Waals surface area contributed by atoms with Gasteiger partial charge in [-0.25, -0.2) is 0 Å². The third-order valence-corrected chi connectivity index (χ3v) is 4.91.